The fourth-order valence-corrected chi connectivity index (χ4v) is 3.11. The van der Waals surface area contributed by atoms with Gasteiger partial charge in [0.25, 0.3) is 0 Å². The summed E-state index contributed by atoms with van der Waals surface area (Å²) in [6.45, 7) is -1.80. The van der Waals surface area contributed by atoms with Crippen molar-refractivity contribution in [2.45, 2.75) is 13.1 Å². The first-order valence-corrected chi connectivity index (χ1v) is 10.2. The molecule has 178 valence electrons. The Morgan fingerprint density at radius 3 is 1.24 bits per heavy atom. The summed E-state index contributed by atoms with van der Waals surface area (Å²) >= 11 is 0. The van der Waals surface area contributed by atoms with E-state index < -0.39 is 25.5 Å². The van der Waals surface area contributed by atoms with E-state index in [1.807, 2.05) is 0 Å². The summed E-state index contributed by atoms with van der Waals surface area (Å²) < 4.78 is 25.0. The number of amides is 2. The van der Waals surface area contributed by atoms with Crippen LogP contribution in [-0.4, -0.2) is 79.0 Å². The van der Waals surface area contributed by atoms with Gasteiger partial charge in [0.2, 0.25) is 11.6 Å². The van der Waals surface area contributed by atoms with Crippen molar-refractivity contribution in [3.8, 4) is 22.8 Å². The zero-order valence-corrected chi connectivity index (χ0v) is 18.0. The summed E-state index contributed by atoms with van der Waals surface area (Å²) in [4.78, 5) is 24.2. The zero-order valence-electron chi connectivity index (χ0n) is 18.0. The molecule has 3 rings (SSSR count). The molecule has 0 aliphatic carbocycles. The standard InChI is InChI=1S/C22H22F2N6O4/c23-9-11-29(21(31)32)13-15-1-5-17(6-2-15)19-25-27-20(28-26-19)18-7-3-16(4-8-18)14-30(12-10-24)22(33)34/h1-8H,9-14H2,(H,31,32)(H,33,34). The summed E-state index contributed by atoms with van der Waals surface area (Å²) in [7, 11) is 0. The number of benzene rings is 2. The highest BCUT2D eigenvalue weighted by Crippen LogP contribution is 2.19. The molecule has 0 spiro atoms. The van der Waals surface area contributed by atoms with Crippen molar-refractivity contribution < 1.29 is 28.6 Å². The number of carbonyl (C=O) groups is 2. The van der Waals surface area contributed by atoms with E-state index in [2.05, 4.69) is 20.4 Å². The molecule has 2 amide bonds. The van der Waals surface area contributed by atoms with E-state index in [0.717, 1.165) is 9.80 Å². The lowest BCUT2D eigenvalue weighted by molar-refractivity contribution is 0.137. The summed E-state index contributed by atoms with van der Waals surface area (Å²) in [5.41, 5.74) is 2.62. The SMILES string of the molecule is O=C(O)N(CCF)Cc1ccc(-c2nnc(-c3ccc(CN(CCF)C(=O)O)cc3)nn2)cc1. The van der Waals surface area contributed by atoms with Crippen molar-refractivity contribution >= 4 is 12.2 Å². The van der Waals surface area contributed by atoms with Crippen molar-refractivity contribution in [2.75, 3.05) is 26.4 Å². The number of hydrogen-bond acceptors (Lipinski definition) is 6. The average Bonchev–Trinajstić information content (AvgIpc) is 2.84. The molecule has 0 atom stereocenters. The molecule has 0 unspecified atom stereocenters. The number of nitrogens with zero attached hydrogens (tertiary/aromatic N) is 6. The molecule has 3 aromatic rings. The van der Waals surface area contributed by atoms with Gasteiger partial charge in [-0.2, -0.15) is 0 Å². The molecule has 0 aliphatic heterocycles. The van der Waals surface area contributed by atoms with Crippen molar-refractivity contribution in [3.05, 3.63) is 59.7 Å². The van der Waals surface area contributed by atoms with E-state index in [9.17, 15) is 18.4 Å². The minimum absolute atomic E-state index is 0.0594. The molecule has 12 heteroatoms. The minimum Gasteiger partial charge on any atom is -0.465 e. The Labute approximate surface area is 193 Å². The van der Waals surface area contributed by atoms with Gasteiger partial charge in [0, 0.05) is 24.2 Å². The predicted octanol–water partition coefficient (Wildman–Crippen LogP) is 3.50. The minimum atomic E-state index is -1.19. The van der Waals surface area contributed by atoms with Crippen LogP contribution in [0.4, 0.5) is 18.4 Å². The van der Waals surface area contributed by atoms with Crippen LogP contribution in [0.2, 0.25) is 0 Å². The van der Waals surface area contributed by atoms with Gasteiger partial charge in [0.1, 0.15) is 13.3 Å². The van der Waals surface area contributed by atoms with Gasteiger partial charge in [-0.05, 0) is 11.1 Å². The number of rotatable bonds is 10. The molecular weight excluding hydrogens is 450 g/mol. The fraction of sp³-hybridized carbons (Fsp3) is 0.273. The highest BCUT2D eigenvalue weighted by Gasteiger charge is 2.14. The van der Waals surface area contributed by atoms with Gasteiger partial charge in [0.05, 0.1) is 13.1 Å². The molecule has 0 aliphatic rings. The first-order valence-electron chi connectivity index (χ1n) is 10.2. The highest BCUT2D eigenvalue weighted by atomic mass is 19.1. The summed E-state index contributed by atoms with van der Waals surface area (Å²) in [6, 6.07) is 13.6. The lowest BCUT2D eigenvalue weighted by Crippen LogP contribution is -2.30. The molecule has 1 heterocycles. The highest BCUT2D eigenvalue weighted by molar-refractivity contribution is 5.65. The van der Waals surface area contributed by atoms with Crippen LogP contribution in [0, 0.1) is 0 Å². The smallest absolute Gasteiger partial charge is 0.407 e. The molecule has 1 aromatic heterocycles. The second-order valence-corrected chi connectivity index (χ2v) is 7.23. The van der Waals surface area contributed by atoms with Crippen molar-refractivity contribution in [1.82, 2.24) is 30.2 Å². The number of alkyl halides is 2. The van der Waals surface area contributed by atoms with Crippen LogP contribution in [0.1, 0.15) is 11.1 Å². The largest absolute Gasteiger partial charge is 0.465 e. The van der Waals surface area contributed by atoms with E-state index in [1.54, 1.807) is 48.5 Å². The monoisotopic (exact) mass is 472 g/mol. The average molecular weight is 472 g/mol. The van der Waals surface area contributed by atoms with E-state index in [0.29, 0.717) is 22.3 Å². The van der Waals surface area contributed by atoms with Crippen LogP contribution >= 0.6 is 0 Å². The quantitative estimate of drug-likeness (QED) is 0.458. The molecule has 2 N–H and O–H groups in total. The fourth-order valence-electron chi connectivity index (χ4n) is 3.11. The van der Waals surface area contributed by atoms with E-state index in [4.69, 9.17) is 10.2 Å². The Kier molecular flexibility index (Phi) is 8.32. The molecule has 34 heavy (non-hydrogen) atoms. The van der Waals surface area contributed by atoms with Gasteiger partial charge in [-0.3, -0.25) is 0 Å². The molecule has 0 saturated heterocycles. The zero-order chi connectivity index (χ0) is 24.5. The van der Waals surface area contributed by atoms with E-state index >= 15 is 0 Å². The Balaban J connectivity index is 1.66. The number of halogens is 2. The van der Waals surface area contributed by atoms with Crippen LogP contribution in [0.25, 0.3) is 22.8 Å². The normalized spacial score (nSPS) is 10.6. The molecule has 2 aromatic carbocycles. The van der Waals surface area contributed by atoms with E-state index in [1.165, 1.54) is 0 Å². The maximum atomic E-state index is 12.5. The summed E-state index contributed by atoms with van der Waals surface area (Å²) in [5, 5.41) is 34.5. The second-order valence-electron chi connectivity index (χ2n) is 7.23. The molecule has 0 fully saturated rings. The summed E-state index contributed by atoms with van der Waals surface area (Å²) in [5.74, 6) is 0.545. The van der Waals surface area contributed by atoms with Crippen molar-refractivity contribution in [1.29, 1.82) is 0 Å². The third-order valence-electron chi connectivity index (χ3n) is 4.90. The van der Waals surface area contributed by atoms with Gasteiger partial charge < -0.3 is 20.0 Å². The third kappa shape index (κ3) is 6.40. The van der Waals surface area contributed by atoms with Crippen molar-refractivity contribution in [2.24, 2.45) is 0 Å². The molecule has 10 nitrogen and oxygen atoms in total. The van der Waals surface area contributed by atoms with Crippen LogP contribution in [0.5, 0.6) is 0 Å². The number of aromatic nitrogens is 4. The number of carboxylic acid groups (broad SMARTS) is 2. The maximum Gasteiger partial charge on any atom is 0.407 e. The van der Waals surface area contributed by atoms with Gasteiger partial charge in [-0.25, -0.2) is 18.4 Å². The molecule has 0 bridgehead atoms. The Morgan fingerprint density at radius 1 is 0.647 bits per heavy atom. The van der Waals surface area contributed by atoms with Crippen LogP contribution in [-0.2, 0) is 13.1 Å². The molecule has 0 radical (unpaired) electrons. The first-order chi connectivity index (χ1) is 16.4. The summed E-state index contributed by atoms with van der Waals surface area (Å²) in [6.07, 6.45) is -2.39. The molecule has 0 saturated carbocycles. The topological polar surface area (TPSA) is 133 Å². The van der Waals surface area contributed by atoms with Crippen LogP contribution in [0.15, 0.2) is 48.5 Å². The first kappa shape index (κ1) is 24.4. The van der Waals surface area contributed by atoms with Gasteiger partial charge in [0.15, 0.2) is 0 Å². The van der Waals surface area contributed by atoms with Gasteiger partial charge in [-0.15, -0.1) is 20.4 Å². The van der Waals surface area contributed by atoms with Crippen LogP contribution < -0.4 is 0 Å². The predicted molar refractivity (Wildman–Crippen MR) is 117 cm³/mol. The lowest BCUT2D eigenvalue weighted by atomic mass is 10.1. The number of hydrogen-bond donors (Lipinski definition) is 2. The Bertz CT molecular complexity index is 1010. The Morgan fingerprint density at radius 2 is 0.971 bits per heavy atom. The van der Waals surface area contributed by atoms with Crippen LogP contribution in [0.3, 0.4) is 0 Å². The maximum absolute atomic E-state index is 12.5. The second kappa shape index (κ2) is 11.6. The lowest BCUT2D eigenvalue weighted by Gasteiger charge is -2.17. The Hall–Kier alpha value is -4.22. The van der Waals surface area contributed by atoms with E-state index in [-0.39, 0.29) is 37.8 Å². The van der Waals surface area contributed by atoms with Gasteiger partial charge >= 0.3 is 12.2 Å². The third-order valence-corrected chi connectivity index (χ3v) is 4.90. The van der Waals surface area contributed by atoms with Gasteiger partial charge in [-0.1, -0.05) is 48.5 Å². The molecular formula is C22H22F2N6O4. The van der Waals surface area contributed by atoms with Crippen molar-refractivity contribution in [3.63, 3.8) is 0 Å².